The minimum atomic E-state index is -0.417. The van der Waals surface area contributed by atoms with Gasteiger partial charge in [0, 0.05) is 19.7 Å². The van der Waals surface area contributed by atoms with Crippen molar-refractivity contribution in [3.8, 4) is 0 Å². The second-order valence-electron chi connectivity index (χ2n) is 6.90. The number of hydrogen-bond donors (Lipinski definition) is 2. The molecule has 1 aliphatic carbocycles. The van der Waals surface area contributed by atoms with Gasteiger partial charge in [-0.25, -0.2) is 0 Å². The molecule has 2 unspecified atom stereocenters. The topological polar surface area (TPSA) is 50.7 Å². The Labute approximate surface area is 123 Å². The maximum absolute atomic E-state index is 9.96. The molecule has 0 bridgehead atoms. The highest BCUT2D eigenvalue weighted by atomic mass is 16.5. The Kier molecular flexibility index (Phi) is 6.27. The molecule has 0 aromatic heterocycles. The first-order valence-electron chi connectivity index (χ1n) is 8.22. The van der Waals surface area contributed by atoms with E-state index in [4.69, 9.17) is 9.47 Å². The molecule has 4 heteroatoms. The second kappa shape index (κ2) is 7.74. The minimum Gasteiger partial charge on any atom is -0.389 e. The summed E-state index contributed by atoms with van der Waals surface area (Å²) in [6.07, 6.45) is 7.00. The lowest BCUT2D eigenvalue weighted by Gasteiger charge is -2.27. The third-order valence-electron chi connectivity index (χ3n) is 4.67. The zero-order valence-electron chi connectivity index (χ0n) is 13.1. The number of aliphatic hydroxyl groups excluding tert-OH is 1. The first-order valence-corrected chi connectivity index (χ1v) is 8.22. The monoisotopic (exact) mass is 285 g/mol. The van der Waals surface area contributed by atoms with Crippen molar-refractivity contribution < 1.29 is 14.6 Å². The molecule has 0 amide bonds. The normalized spacial score (nSPS) is 36.1. The molecular weight excluding hydrogens is 254 g/mol. The average Bonchev–Trinajstić information content (AvgIpc) is 2.85. The highest BCUT2D eigenvalue weighted by Gasteiger charge is 2.29. The SMILES string of the molecule is CC1CCC(OCC(O)CNCC2(C)CCCO2)CC1. The number of ether oxygens (including phenoxy) is 2. The molecule has 2 atom stereocenters. The summed E-state index contributed by atoms with van der Waals surface area (Å²) in [7, 11) is 0. The molecular formula is C16H31NO3. The molecule has 2 N–H and O–H groups in total. The van der Waals surface area contributed by atoms with Gasteiger partial charge < -0.3 is 19.9 Å². The van der Waals surface area contributed by atoms with Gasteiger partial charge >= 0.3 is 0 Å². The molecule has 0 radical (unpaired) electrons. The lowest BCUT2D eigenvalue weighted by molar-refractivity contribution is -0.0305. The number of hydrogen-bond acceptors (Lipinski definition) is 4. The van der Waals surface area contributed by atoms with E-state index in [9.17, 15) is 5.11 Å². The van der Waals surface area contributed by atoms with Gasteiger partial charge in [0.2, 0.25) is 0 Å². The minimum absolute atomic E-state index is 0.0416. The van der Waals surface area contributed by atoms with Crippen LogP contribution in [0.3, 0.4) is 0 Å². The summed E-state index contributed by atoms with van der Waals surface area (Å²) in [6, 6.07) is 0. The Morgan fingerprint density at radius 2 is 2.10 bits per heavy atom. The highest BCUT2D eigenvalue weighted by molar-refractivity contribution is 4.82. The smallest absolute Gasteiger partial charge is 0.0897 e. The molecule has 1 heterocycles. The van der Waals surface area contributed by atoms with Crippen molar-refractivity contribution >= 4 is 0 Å². The fourth-order valence-corrected chi connectivity index (χ4v) is 3.18. The van der Waals surface area contributed by atoms with Gasteiger partial charge in [-0.15, -0.1) is 0 Å². The summed E-state index contributed by atoms with van der Waals surface area (Å²) in [5.41, 5.74) is -0.0416. The van der Waals surface area contributed by atoms with Crippen molar-refractivity contribution in [2.45, 2.75) is 70.2 Å². The van der Waals surface area contributed by atoms with E-state index in [1.165, 1.54) is 12.8 Å². The van der Waals surface area contributed by atoms with Gasteiger partial charge in [-0.1, -0.05) is 6.92 Å². The van der Waals surface area contributed by atoms with Crippen LogP contribution in [0.1, 0.15) is 52.4 Å². The Morgan fingerprint density at radius 3 is 2.75 bits per heavy atom. The van der Waals surface area contributed by atoms with Gasteiger partial charge in [0.15, 0.2) is 0 Å². The predicted molar refractivity (Wildman–Crippen MR) is 79.8 cm³/mol. The summed E-state index contributed by atoms with van der Waals surface area (Å²) in [5, 5.41) is 13.3. The van der Waals surface area contributed by atoms with Crippen molar-refractivity contribution in [3.05, 3.63) is 0 Å². The van der Waals surface area contributed by atoms with Gasteiger partial charge in [0.05, 0.1) is 24.4 Å². The van der Waals surface area contributed by atoms with Gasteiger partial charge in [-0.2, -0.15) is 0 Å². The first-order chi connectivity index (χ1) is 9.57. The lowest BCUT2D eigenvalue weighted by atomic mass is 9.89. The van der Waals surface area contributed by atoms with Crippen LogP contribution >= 0.6 is 0 Å². The zero-order chi connectivity index (χ0) is 14.4. The molecule has 118 valence electrons. The Bertz CT molecular complexity index is 271. The van der Waals surface area contributed by atoms with E-state index in [0.717, 1.165) is 44.8 Å². The number of aliphatic hydroxyl groups is 1. The Balaban J connectivity index is 1.53. The molecule has 20 heavy (non-hydrogen) atoms. The largest absolute Gasteiger partial charge is 0.389 e. The summed E-state index contributed by atoms with van der Waals surface area (Å²) < 4.78 is 11.5. The Hall–Kier alpha value is -0.160. The summed E-state index contributed by atoms with van der Waals surface area (Å²) in [4.78, 5) is 0. The van der Waals surface area contributed by atoms with E-state index in [2.05, 4.69) is 19.2 Å². The third-order valence-corrected chi connectivity index (χ3v) is 4.67. The highest BCUT2D eigenvalue weighted by Crippen LogP contribution is 2.25. The fourth-order valence-electron chi connectivity index (χ4n) is 3.18. The van der Waals surface area contributed by atoms with Crippen LogP contribution < -0.4 is 5.32 Å². The van der Waals surface area contributed by atoms with Crippen molar-refractivity contribution in [2.24, 2.45) is 5.92 Å². The molecule has 1 saturated carbocycles. The van der Waals surface area contributed by atoms with Gasteiger partial charge in [0.1, 0.15) is 0 Å². The fraction of sp³-hybridized carbons (Fsp3) is 1.00. The van der Waals surface area contributed by atoms with Crippen LogP contribution in [0.4, 0.5) is 0 Å². The van der Waals surface area contributed by atoms with Crippen LogP contribution in [0.15, 0.2) is 0 Å². The molecule has 1 saturated heterocycles. The van der Waals surface area contributed by atoms with E-state index in [1.807, 2.05) is 0 Å². The van der Waals surface area contributed by atoms with E-state index < -0.39 is 6.10 Å². The number of rotatable bonds is 7. The molecule has 2 aliphatic rings. The van der Waals surface area contributed by atoms with Gasteiger partial charge in [-0.05, 0) is 51.4 Å². The predicted octanol–water partition coefficient (Wildman–Crippen LogP) is 2.10. The van der Waals surface area contributed by atoms with E-state index in [-0.39, 0.29) is 5.60 Å². The number of nitrogens with one attached hydrogen (secondary N) is 1. The van der Waals surface area contributed by atoms with Crippen molar-refractivity contribution in [3.63, 3.8) is 0 Å². The van der Waals surface area contributed by atoms with Crippen LogP contribution in [0, 0.1) is 5.92 Å². The van der Waals surface area contributed by atoms with Crippen LogP contribution in [-0.4, -0.2) is 49.2 Å². The second-order valence-corrected chi connectivity index (χ2v) is 6.90. The Morgan fingerprint density at radius 1 is 1.35 bits per heavy atom. The quantitative estimate of drug-likeness (QED) is 0.752. The molecule has 0 aromatic rings. The van der Waals surface area contributed by atoms with Crippen LogP contribution in [0.5, 0.6) is 0 Å². The average molecular weight is 285 g/mol. The molecule has 2 fully saturated rings. The molecule has 2 rings (SSSR count). The first kappa shape index (κ1) is 16.2. The van der Waals surface area contributed by atoms with E-state index in [0.29, 0.717) is 19.3 Å². The van der Waals surface area contributed by atoms with Gasteiger partial charge in [0.25, 0.3) is 0 Å². The van der Waals surface area contributed by atoms with E-state index in [1.54, 1.807) is 0 Å². The van der Waals surface area contributed by atoms with Crippen molar-refractivity contribution in [1.82, 2.24) is 5.32 Å². The molecule has 0 spiro atoms. The van der Waals surface area contributed by atoms with Crippen molar-refractivity contribution in [1.29, 1.82) is 0 Å². The third kappa shape index (κ3) is 5.32. The van der Waals surface area contributed by atoms with Gasteiger partial charge in [-0.3, -0.25) is 0 Å². The molecule has 0 aromatic carbocycles. The van der Waals surface area contributed by atoms with Crippen molar-refractivity contribution in [2.75, 3.05) is 26.3 Å². The standard InChI is InChI=1S/C16H31NO3/c1-13-4-6-15(7-5-13)19-11-14(18)10-17-12-16(2)8-3-9-20-16/h13-15,17-18H,3-12H2,1-2H3. The zero-order valence-corrected chi connectivity index (χ0v) is 13.1. The maximum Gasteiger partial charge on any atom is 0.0897 e. The van der Waals surface area contributed by atoms with Crippen LogP contribution in [0.25, 0.3) is 0 Å². The summed E-state index contributed by atoms with van der Waals surface area (Å²) in [6.45, 7) is 7.15. The lowest BCUT2D eigenvalue weighted by Crippen LogP contribution is -2.41. The summed E-state index contributed by atoms with van der Waals surface area (Å²) in [5.74, 6) is 0.841. The van der Waals surface area contributed by atoms with E-state index >= 15 is 0 Å². The van der Waals surface area contributed by atoms with Crippen LogP contribution in [-0.2, 0) is 9.47 Å². The summed E-state index contributed by atoms with van der Waals surface area (Å²) >= 11 is 0. The molecule has 4 nitrogen and oxygen atoms in total. The van der Waals surface area contributed by atoms with Crippen LogP contribution in [0.2, 0.25) is 0 Å². The maximum atomic E-state index is 9.96. The molecule has 1 aliphatic heterocycles.